The van der Waals surface area contributed by atoms with Crippen LogP contribution in [0.3, 0.4) is 0 Å². The maximum atomic E-state index is 5.78. The topological polar surface area (TPSA) is 9.23 Å². The van der Waals surface area contributed by atoms with Crippen LogP contribution in [-0.4, -0.2) is 6.61 Å². The van der Waals surface area contributed by atoms with Crippen LogP contribution >= 0.6 is 0 Å². The molecule has 0 amide bonds. The maximum Gasteiger partial charge on any atom is 0.119 e. The Morgan fingerprint density at radius 1 is 1.12 bits per heavy atom. The van der Waals surface area contributed by atoms with Crippen LogP contribution in [0.25, 0.3) is 0 Å². The van der Waals surface area contributed by atoms with Gasteiger partial charge in [0.25, 0.3) is 0 Å². The summed E-state index contributed by atoms with van der Waals surface area (Å²) < 4.78 is 5.78. The summed E-state index contributed by atoms with van der Waals surface area (Å²) in [4.78, 5) is 0. The summed E-state index contributed by atoms with van der Waals surface area (Å²) >= 11 is 0. The average molecular weight is 220 g/mol. The van der Waals surface area contributed by atoms with Crippen molar-refractivity contribution >= 4 is 0 Å². The van der Waals surface area contributed by atoms with Crippen LogP contribution in [-0.2, 0) is 6.42 Å². The second-order valence-electron chi connectivity index (χ2n) is 4.62. The lowest BCUT2D eigenvalue weighted by Gasteiger charge is -2.12. The predicted octanol–water partition coefficient (Wildman–Crippen LogP) is 4.55. The lowest BCUT2D eigenvalue weighted by Crippen LogP contribution is -1.99. The van der Waals surface area contributed by atoms with Crippen molar-refractivity contribution in [2.75, 3.05) is 6.61 Å². The Hall–Kier alpha value is -0.980. The van der Waals surface area contributed by atoms with Crippen LogP contribution < -0.4 is 4.74 Å². The van der Waals surface area contributed by atoms with Crippen LogP contribution in [0.2, 0.25) is 0 Å². The molecule has 1 heteroatoms. The molecule has 1 aromatic carbocycles. The number of unbranched alkanes of at least 4 members (excludes halogenated alkanes) is 1. The molecular weight excluding hydrogens is 196 g/mol. The van der Waals surface area contributed by atoms with Gasteiger partial charge in [0.2, 0.25) is 0 Å². The Morgan fingerprint density at radius 3 is 2.44 bits per heavy atom. The Kier molecular flexibility index (Phi) is 5.37. The van der Waals surface area contributed by atoms with E-state index in [0.717, 1.165) is 25.2 Å². The normalized spacial score (nSPS) is 10.8. The highest BCUT2D eigenvalue weighted by atomic mass is 16.5. The van der Waals surface area contributed by atoms with Crippen LogP contribution in [0.4, 0.5) is 0 Å². The van der Waals surface area contributed by atoms with E-state index in [1.54, 1.807) is 0 Å². The standard InChI is InChI=1S/C15H24O/c1-5-7-8-16-15-10-13(6-2)9-14(11-15)12(3)4/h9-12H,5-8H2,1-4H3. The minimum Gasteiger partial charge on any atom is -0.494 e. The summed E-state index contributed by atoms with van der Waals surface area (Å²) in [6, 6.07) is 6.64. The van der Waals surface area contributed by atoms with Gasteiger partial charge in [0, 0.05) is 0 Å². The molecule has 0 spiro atoms. The van der Waals surface area contributed by atoms with Gasteiger partial charge in [-0.15, -0.1) is 0 Å². The third-order valence-corrected chi connectivity index (χ3v) is 2.83. The number of rotatable bonds is 6. The number of ether oxygens (including phenoxy) is 1. The molecule has 1 nitrogen and oxygen atoms in total. The molecule has 0 radical (unpaired) electrons. The highest BCUT2D eigenvalue weighted by Gasteiger charge is 2.04. The molecule has 0 unspecified atom stereocenters. The largest absolute Gasteiger partial charge is 0.494 e. The Bertz CT molecular complexity index is 315. The molecule has 90 valence electrons. The van der Waals surface area contributed by atoms with Crippen molar-refractivity contribution in [2.24, 2.45) is 0 Å². The Morgan fingerprint density at radius 2 is 1.88 bits per heavy atom. The molecule has 0 aromatic heterocycles. The van der Waals surface area contributed by atoms with Crippen molar-refractivity contribution in [1.29, 1.82) is 0 Å². The summed E-state index contributed by atoms with van der Waals surface area (Å²) in [5.74, 6) is 1.61. The quantitative estimate of drug-likeness (QED) is 0.639. The third kappa shape index (κ3) is 3.88. The first kappa shape index (κ1) is 13.1. The summed E-state index contributed by atoms with van der Waals surface area (Å²) in [6.07, 6.45) is 3.39. The van der Waals surface area contributed by atoms with E-state index < -0.39 is 0 Å². The average Bonchev–Trinajstić information content (AvgIpc) is 2.29. The molecule has 1 aromatic rings. The van der Waals surface area contributed by atoms with Gasteiger partial charge in [-0.05, 0) is 42.0 Å². The molecule has 0 saturated carbocycles. The zero-order chi connectivity index (χ0) is 12.0. The third-order valence-electron chi connectivity index (χ3n) is 2.83. The molecule has 0 aliphatic heterocycles. The van der Waals surface area contributed by atoms with Crippen LogP contribution in [0.1, 0.15) is 57.6 Å². The summed E-state index contributed by atoms with van der Waals surface area (Å²) in [7, 11) is 0. The molecule has 0 fully saturated rings. The second-order valence-corrected chi connectivity index (χ2v) is 4.62. The van der Waals surface area contributed by atoms with E-state index in [1.165, 1.54) is 17.5 Å². The maximum absolute atomic E-state index is 5.78. The SMILES string of the molecule is CCCCOc1cc(CC)cc(C(C)C)c1. The molecule has 0 aliphatic carbocycles. The Balaban J connectivity index is 2.78. The van der Waals surface area contributed by atoms with Crippen LogP contribution in [0.5, 0.6) is 5.75 Å². The number of benzene rings is 1. The van der Waals surface area contributed by atoms with E-state index in [-0.39, 0.29) is 0 Å². The lowest BCUT2D eigenvalue weighted by molar-refractivity contribution is 0.308. The van der Waals surface area contributed by atoms with E-state index in [1.807, 2.05) is 0 Å². The van der Waals surface area contributed by atoms with E-state index in [9.17, 15) is 0 Å². The van der Waals surface area contributed by atoms with E-state index in [4.69, 9.17) is 4.74 Å². The van der Waals surface area contributed by atoms with Gasteiger partial charge in [0.15, 0.2) is 0 Å². The van der Waals surface area contributed by atoms with E-state index in [0.29, 0.717) is 5.92 Å². The second kappa shape index (κ2) is 6.57. The first-order valence-electron chi connectivity index (χ1n) is 6.44. The summed E-state index contributed by atoms with van der Waals surface area (Å²) in [5.41, 5.74) is 2.75. The minimum absolute atomic E-state index is 0.569. The zero-order valence-electron chi connectivity index (χ0n) is 11.0. The van der Waals surface area contributed by atoms with Crippen molar-refractivity contribution in [2.45, 2.75) is 52.9 Å². The van der Waals surface area contributed by atoms with Crippen molar-refractivity contribution in [3.05, 3.63) is 29.3 Å². The summed E-state index contributed by atoms with van der Waals surface area (Å²) in [5, 5.41) is 0. The first-order valence-corrected chi connectivity index (χ1v) is 6.44. The molecule has 0 heterocycles. The summed E-state index contributed by atoms with van der Waals surface area (Å²) in [6.45, 7) is 9.66. The van der Waals surface area contributed by atoms with Crippen molar-refractivity contribution in [3.63, 3.8) is 0 Å². The number of hydrogen-bond acceptors (Lipinski definition) is 1. The molecule has 0 bridgehead atoms. The molecule has 1 rings (SSSR count). The lowest BCUT2D eigenvalue weighted by atomic mass is 9.99. The van der Waals surface area contributed by atoms with Crippen molar-refractivity contribution in [1.82, 2.24) is 0 Å². The molecule has 16 heavy (non-hydrogen) atoms. The molecule has 0 aliphatic rings. The molecule has 0 saturated heterocycles. The predicted molar refractivity (Wildman–Crippen MR) is 70.3 cm³/mol. The first-order chi connectivity index (χ1) is 7.67. The van der Waals surface area contributed by atoms with Gasteiger partial charge in [-0.1, -0.05) is 40.2 Å². The highest BCUT2D eigenvalue weighted by molar-refractivity contribution is 5.36. The van der Waals surface area contributed by atoms with Crippen molar-refractivity contribution in [3.8, 4) is 5.75 Å². The molecule has 0 atom stereocenters. The molecular formula is C15H24O. The number of aryl methyl sites for hydroxylation is 1. The number of hydrogen-bond donors (Lipinski definition) is 0. The van der Waals surface area contributed by atoms with Gasteiger partial charge in [0.1, 0.15) is 5.75 Å². The van der Waals surface area contributed by atoms with Gasteiger partial charge in [-0.3, -0.25) is 0 Å². The van der Waals surface area contributed by atoms with Crippen molar-refractivity contribution < 1.29 is 4.74 Å². The van der Waals surface area contributed by atoms with Gasteiger partial charge >= 0.3 is 0 Å². The molecule has 0 N–H and O–H groups in total. The van der Waals surface area contributed by atoms with E-state index in [2.05, 4.69) is 45.9 Å². The van der Waals surface area contributed by atoms with E-state index >= 15 is 0 Å². The zero-order valence-corrected chi connectivity index (χ0v) is 11.0. The van der Waals surface area contributed by atoms with Gasteiger partial charge in [0.05, 0.1) is 6.61 Å². The fourth-order valence-corrected chi connectivity index (χ4v) is 1.64. The van der Waals surface area contributed by atoms with Crippen LogP contribution in [0, 0.1) is 0 Å². The van der Waals surface area contributed by atoms with Gasteiger partial charge in [-0.25, -0.2) is 0 Å². The van der Waals surface area contributed by atoms with Crippen LogP contribution in [0.15, 0.2) is 18.2 Å². The minimum atomic E-state index is 0.569. The van der Waals surface area contributed by atoms with Gasteiger partial charge < -0.3 is 4.74 Å². The smallest absolute Gasteiger partial charge is 0.119 e. The fraction of sp³-hybridized carbons (Fsp3) is 0.600. The monoisotopic (exact) mass is 220 g/mol. The highest BCUT2D eigenvalue weighted by Crippen LogP contribution is 2.23. The fourth-order valence-electron chi connectivity index (χ4n) is 1.64. The Labute approximate surface area is 99.8 Å². The van der Waals surface area contributed by atoms with Gasteiger partial charge in [-0.2, -0.15) is 0 Å².